The van der Waals surface area contributed by atoms with E-state index in [4.69, 9.17) is 4.74 Å². The van der Waals surface area contributed by atoms with Crippen molar-refractivity contribution in [2.24, 2.45) is 0 Å². The van der Waals surface area contributed by atoms with Crippen LogP contribution < -0.4 is 10.6 Å². The smallest absolute Gasteiger partial charge is 0.237 e. The van der Waals surface area contributed by atoms with Crippen LogP contribution in [0.5, 0.6) is 0 Å². The summed E-state index contributed by atoms with van der Waals surface area (Å²) in [6.45, 7) is 2.39. The first-order valence-corrected chi connectivity index (χ1v) is 4.48. The van der Waals surface area contributed by atoms with Crippen LogP contribution in [-0.2, 0) is 9.53 Å². The zero-order valence-electron chi connectivity index (χ0n) is 7.01. The molecule has 12 heavy (non-hydrogen) atoms. The number of rotatable bonds is 2. The van der Waals surface area contributed by atoms with Crippen LogP contribution in [0.25, 0.3) is 0 Å². The lowest BCUT2D eigenvalue weighted by Gasteiger charge is -2.14. The Balaban J connectivity index is 1.81. The molecule has 2 fully saturated rings. The highest BCUT2D eigenvalue weighted by Gasteiger charge is 2.27. The lowest BCUT2D eigenvalue weighted by Crippen LogP contribution is -2.42. The van der Waals surface area contributed by atoms with E-state index in [0.29, 0.717) is 6.04 Å². The first-order valence-electron chi connectivity index (χ1n) is 4.48. The Hall–Kier alpha value is -0.610. The van der Waals surface area contributed by atoms with E-state index in [1.54, 1.807) is 0 Å². The summed E-state index contributed by atoms with van der Waals surface area (Å²) >= 11 is 0. The summed E-state index contributed by atoms with van der Waals surface area (Å²) in [4.78, 5) is 11.1. The standard InChI is InChI=1S/C8H14N2O2/c11-8-7(1-3-9-8)10-6-2-4-12-5-6/h6-7,10H,1-5H2,(H,9,11). The molecule has 2 unspecified atom stereocenters. The molecule has 0 radical (unpaired) electrons. The van der Waals surface area contributed by atoms with Gasteiger partial charge in [0.05, 0.1) is 12.6 Å². The van der Waals surface area contributed by atoms with E-state index < -0.39 is 0 Å². The molecule has 2 rings (SSSR count). The van der Waals surface area contributed by atoms with Crippen molar-refractivity contribution >= 4 is 5.91 Å². The number of hydrogen-bond donors (Lipinski definition) is 2. The molecular formula is C8H14N2O2. The third kappa shape index (κ3) is 1.59. The Kier molecular flexibility index (Phi) is 2.28. The van der Waals surface area contributed by atoms with E-state index in [-0.39, 0.29) is 11.9 Å². The van der Waals surface area contributed by atoms with Gasteiger partial charge in [0, 0.05) is 19.2 Å². The molecular weight excluding hydrogens is 156 g/mol. The third-order valence-corrected chi connectivity index (χ3v) is 2.42. The molecule has 1 amide bonds. The Morgan fingerprint density at radius 2 is 2.42 bits per heavy atom. The zero-order valence-corrected chi connectivity index (χ0v) is 7.01. The fourth-order valence-corrected chi connectivity index (χ4v) is 1.70. The first kappa shape index (κ1) is 8.01. The minimum absolute atomic E-state index is 0.0247. The molecule has 0 saturated carbocycles. The van der Waals surface area contributed by atoms with Gasteiger partial charge in [-0.25, -0.2) is 0 Å². The van der Waals surface area contributed by atoms with Crippen molar-refractivity contribution in [1.29, 1.82) is 0 Å². The second-order valence-corrected chi connectivity index (χ2v) is 3.36. The predicted octanol–water partition coefficient (Wildman–Crippen LogP) is -0.747. The molecule has 2 aliphatic rings. The zero-order chi connectivity index (χ0) is 8.39. The van der Waals surface area contributed by atoms with Gasteiger partial charge in [-0.05, 0) is 12.8 Å². The maximum atomic E-state index is 11.1. The fourth-order valence-electron chi connectivity index (χ4n) is 1.70. The average Bonchev–Trinajstić information content (AvgIpc) is 2.65. The summed E-state index contributed by atoms with van der Waals surface area (Å²) < 4.78 is 5.21. The molecule has 4 nitrogen and oxygen atoms in total. The van der Waals surface area contributed by atoms with E-state index in [1.807, 2.05) is 0 Å². The normalized spacial score (nSPS) is 35.5. The topological polar surface area (TPSA) is 50.4 Å². The molecule has 0 aliphatic carbocycles. The van der Waals surface area contributed by atoms with Gasteiger partial charge < -0.3 is 15.4 Å². The summed E-state index contributed by atoms with van der Waals surface area (Å²) in [5.41, 5.74) is 0. The molecule has 0 aromatic rings. The number of hydrogen-bond acceptors (Lipinski definition) is 3. The van der Waals surface area contributed by atoms with Crippen molar-refractivity contribution in [2.75, 3.05) is 19.8 Å². The minimum atomic E-state index is 0.0247. The molecule has 68 valence electrons. The van der Waals surface area contributed by atoms with E-state index in [2.05, 4.69) is 10.6 Å². The molecule has 0 aromatic heterocycles. The molecule has 2 saturated heterocycles. The lowest BCUT2D eigenvalue weighted by molar-refractivity contribution is -0.121. The predicted molar refractivity (Wildman–Crippen MR) is 43.8 cm³/mol. The summed E-state index contributed by atoms with van der Waals surface area (Å²) in [5, 5.41) is 6.09. The van der Waals surface area contributed by atoms with Crippen molar-refractivity contribution in [3.05, 3.63) is 0 Å². The number of nitrogens with one attached hydrogen (secondary N) is 2. The third-order valence-electron chi connectivity index (χ3n) is 2.42. The number of carbonyl (C=O) groups excluding carboxylic acids is 1. The van der Waals surface area contributed by atoms with E-state index in [1.165, 1.54) is 0 Å². The van der Waals surface area contributed by atoms with Crippen LogP contribution in [0, 0.1) is 0 Å². The van der Waals surface area contributed by atoms with Crippen LogP contribution in [0.1, 0.15) is 12.8 Å². The molecule has 2 atom stereocenters. The van der Waals surface area contributed by atoms with Gasteiger partial charge in [-0.3, -0.25) is 4.79 Å². The number of ether oxygens (including phenoxy) is 1. The summed E-state index contributed by atoms with van der Waals surface area (Å²) in [6, 6.07) is 0.413. The van der Waals surface area contributed by atoms with Crippen LogP contribution in [0.4, 0.5) is 0 Å². The van der Waals surface area contributed by atoms with Crippen molar-refractivity contribution in [2.45, 2.75) is 24.9 Å². The largest absolute Gasteiger partial charge is 0.380 e. The van der Waals surface area contributed by atoms with Gasteiger partial charge in [-0.1, -0.05) is 0 Å². The van der Waals surface area contributed by atoms with Gasteiger partial charge in [0.2, 0.25) is 5.91 Å². The Morgan fingerprint density at radius 3 is 3.00 bits per heavy atom. The molecule has 2 heterocycles. The van der Waals surface area contributed by atoms with Crippen molar-refractivity contribution in [1.82, 2.24) is 10.6 Å². The average molecular weight is 170 g/mol. The summed E-state index contributed by atoms with van der Waals surface area (Å²) in [7, 11) is 0. The van der Waals surface area contributed by atoms with Crippen LogP contribution in [-0.4, -0.2) is 37.7 Å². The van der Waals surface area contributed by atoms with Gasteiger partial charge in [0.25, 0.3) is 0 Å². The highest BCUT2D eigenvalue weighted by atomic mass is 16.5. The van der Waals surface area contributed by atoms with Crippen LogP contribution in [0.2, 0.25) is 0 Å². The lowest BCUT2D eigenvalue weighted by atomic mass is 10.2. The van der Waals surface area contributed by atoms with Crippen LogP contribution in [0.15, 0.2) is 0 Å². The Labute approximate surface area is 71.7 Å². The monoisotopic (exact) mass is 170 g/mol. The van der Waals surface area contributed by atoms with E-state index >= 15 is 0 Å². The molecule has 2 N–H and O–H groups in total. The van der Waals surface area contributed by atoms with Crippen LogP contribution in [0.3, 0.4) is 0 Å². The second kappa shape index (κ2) is 3.41. The quantitative estimate of drug-likeness (QED) is 0.573. The minimum Gasteiger partial charge on any atom is -0.380 e. The highest BCUT2D eigenvalue weighted by molar-refractivity contribution is 5.83. The fraction of sp³-hybridized carbons (Fsp3) is 0.875. The van der Waals surface area contributed by atoms with Crippen LogP contribution >= 0.6 is 0 Å². The van der Waals surface area contributed by atoms with Crippen molar-refractivity contribution in [3.63, 3.8) is 0 Å². The Morgan fingerprint density at radius 1 is 1.50 bits per heavy atom. The van der Waals surface area contributed by atoms with Crippen molar-refractivity contribution in [3.8, 4) is 0 Å². The second-order valence-electron chi connectivity index (χ2n) is 3.36. The molecule has 0 bridgehead atoms. The van der Waals surface area contributed by atoms with E-state index in [9.17, 15) is 4.79 Å². The Bertz CT molecular complexity index is 178. The highest BCUT2D eigenvalue weighted by Crippen LogP contribution is 2.07. The van der Waals surface area contributed by atoms with Gasteiger partial charge in [0.1, 0.15) is 0 Å². The maximum absolute atomic E-state index is 11.1. The van der Waals surface area contributed by atoms with Gasteiger partial charge in [-0.2, -0.15) is 0 Å². The summed E-state index contributed by atoms with van der Waals surface area (Å²) in [6.07, 6.45) is 1.94. The SMILES string of the molecule is O=C1NCCC1NC1CCOC1. The molecule has 4 heteroatoms. The van der Waals surface area contributed by atoms with Gasteiger partial charge in [-0.15, -0.1) is 0 Å². The van der Waals surface area contributed by atoms with Gasteiger partial charge >= 0.3 is 0 Å². The van der Waals surface area contributed by atoms with E-state index in [0.717, 1.165) is 32.6 Å². The van der Waals surface area contributed by atoms with Gasteiger partial charge in [0.15, 0.2) is 0 Å². The maximum Gasteiger partial charge on any atom is 0.237 e. The number of amides is 1. The first-order chi connectivity index (χ1) is 5.86. The number of carbonyl (C=O) groups is 1. The molecule has 2 aliphatic heterocycles. The van der Waals surface area contributed by atoms with Crippen molar-refractivity contribution < 1.29 is 9.53 Å². The molecule has 0 aromatic carbocycles. The summed E-state index contributed by atoms with van der Waals surface area (Å²) in [5.74, 6) is 0.141. The molecule has 0 spiro atoms.